The Bertz CT molecular complexity index is 428. The van der Waals surface area contributed by atoms with Gasteiger partial charge in [0.2, 0.25) is 0 Å². The summed E-state index contributed by atoms with van der Waals surface area (Å²) >= 11 is 9.22. The molecule has 72 valence electrons. The van der Waals surface area contributed by atoms with E-state index in [-0.39, 0.29) is 0 Å². The van der Waals surface area contributed by atoms with Crippen molar-refractivity contribution in [1.29, 1.82) is 0 Å². The molecule has 1 aromatic heterocycles. The van der Waals surface area contributed by atoms with Crippen molar-refractivity contribution in [3.63, 3.8) is 0 Å². The number of aryl methyl sites for hydroxylation is 1. The topological polar surface area (TPSA) is 17.8 Å². The number of halogens is 2. The average Bonchev–Trinajstić information content (AvgIpc) is 2.48. The first-order chi connectivity index (χ1) is 6.66. The predicted octanol–water partition coefficient (Wildman–Crippen LogP) is 3.60. The van der Waals surface area contributed by atoms with Crippen molar-refractivity contribution in [2.45, 2.75) is 6.92 Å². The minimum absolute atomic E-state index is 0.733. The Morgan fingerprint density at radius 2 is 1.93 bits per heavy atom. The van der Waals surface area contributed by atoms with Gasteiger partial charge < -0.3 is 0 Å². The van der Waals surface area contributed by atoms with Gasteiger partial charge in [-0.15, -0.1) is 0 Å². The van der Waals surface area contributed by atoms with Crippen molar-refractivity contribution >= 4 is 27.5 Å². The van der Waals surface area contributed by atoms with Crippen molar-refractivity contribution in [1.82, 2.24) is 9.78 Å². The number of nitrogens with zero attached hydrogens (tertiary/aromatic N) is 2. The summed E-state index contributed by atoms with van der Waals surface area (Å²) in [6.45, 7) is 1.95. The minimum atomic E-state index is 0.733. The molecule has 14 heavy (non-hydrogen) atoms. The van der Waals surface area contributed by atoms with Crippen molar-refractivity contribution in [3.05, 3.63) is 45.7 Å². The first kappa shape index (κ1) is 9.74. The van der Waals surface area contributed by atoms with Gasteiger partial charge in [-0.25, -0.2) is 4.68 Å². The molecule has 0 bridgehead atoms. The lowest BCUT2D eigenvalue weighted by molar-refractivity contribution is 0.863. The molecule has 0 aliphatic heterocycles. The molecular formula is C10H8BrClN2. The number of hydrogen-bond acceptors (Lipinski definition) is 1. The first-order valence-electron chi connectivity index (χ1n) is 4.14. The predicted molar refractivity (Wildman–Crippen MR) is 61.0 cm³/mol. The summed E-state index contributed by atoms with van der Waals surface area (Å²) in [5.41, 5.74) is 1.98. The van der Waals surface area contributed by atoms with Crippen LogP contribution in [0.5, 0.6) is 0 Å². The Hall–Kier alpha value is -0.800. The quantitative estimate of drug-likeness (QED) is 0.775. The molecule has 2 aromatic rings. The third-order valence-corrected chi connectivity index (χ3v) is 2.96. The molecule has 0 aliphatic rings. The maximum atomic E-state index is 5.80. The first-order valence-corrected chi connectivity index (χ1v) is 5.31. The molecule has 0 aliphatic carbocycles. The van der Waals surface area contributed by atoms with Gasteiger partial charge in [0.05, 0.1) is 15.9 Å². The molecule has 0 amide bonds. The van der Waals surface area contributed by atoms with Crippen molar-refractivity contribution in [2.24, 2.45) is 0 Å². The van der Waals surface area contributed by atoms with Crippen LogP contribution < -0.4 is 0 Å². The van der Waals surface area contributed by atoms with Crippen LogP contribution in [0.4, 0.5) is 0 Å². The zero-order valence-corrected chi connectivity index (χ0v) is 9.88. The summed E-state index contributed by atoms with van der Waals surface area (Å²) in [5.74, 6) is 0. The van der Waals surface area contributed by atoms with Crippen LogP contribution in [-0.4, -0.2) is 9.78 Å². The highest BCUT2D eigenvalue weighted by molar-refractivity contribution is 9.10. The van der Waals surface area contributed by atoms with Crippen LogP contribution in [0.1, 0.15) is 5.69 Å². The van der Waals surface area contributed by atoms with E-state index in [2.05, 4.69) is 21.0 Å². The van der Waals surface area contributed by atoms with Gasteiger partial charge >= 0.3 is 0 Å². The molecular weight excluding hydrogens is 263 g/mol. The second-order valence-electron chi connectivity index (χ2n) is 2.98. The summed E-state index contributed by atoms with van der Waals surface area (Å²) in [5, 5.41) is 5.07. The fourth-order valence-corrected chi connectivity index (χ4v) is 1.56. The summed E-state index contributed by atoms with van der Waals surface area (Å²) in [6.07, 6.45) is 1.93. The molecule has 0 unspecified atom stereocenters. The molecule has 0 radical (unpaired) electrons. The Morgan fingerprint density at radius 1 is 1.29 bits per heavy atom. The molecule has 0 N–H and O–H groups in total. The molecule has 1 aromatic carbocycles. The number of aromatic nitrogens is 2. The van der Waals surface area contributed by atoms with E-state index in [9.17, 15) is 0 Å². The molecule has 0 saturated heterocycles. The van der Waals surface area contributed by atoms with Gasteiger partial charge in [0.15, 0.2) is 0 Å². The monoisotopic (exact) mass is 270 g/mol. The molecule has 2 rings (SSSR count). The van der Waals surface area contributed by atoms with Crippen molar-refractivity contribution in [2.75, 3.05) is 0 Å². The van der Waals surface area contributed by atoms with Gasteiger partial charge in [0.1, 0.15) is 0 Å². The molecule has 0 fully saturated rings. The van der Waals surface area contributed by atoms with Crippen LogP contribution in [0.15, 0.2) is 34.9 Å². The SMILES string of the molecule is Cc1nn(-c2ccc(Cl)cc2)cc1Br. The van der Waals surface area contributed by atoms with Gasteiger partial charge in [-0.05, 0) is 47.1 Å². The second kappa shape index (κ2) is 3.75. The number of hydrogen-bond donors (Lipinski definition) is 0. The van der Waals surface area contributed by atoms with E-state index in [4.69, 9.17) is 11.6 Å². The van der Waals surface area contributed by atoms with Crippen LogP contribution in [0.3, 0.4) is 0 Å². The highest BCUT2D eigenvalue weighted by Gasteiger charge is 2.02. The maximum absolute atomic E-state index is 5.80. The smallest absolute Gasteiger partial charge is 0.0740 e. The van der Waals surface area contributed by atoms with Crippen LogP contribution in [0.2, 0.25) is 5.02 Å². The third-order valence-electron chi connectivity index (χ3n) is 1.93. The Kier molecular flexibility index (Phi) is 2.61. The lowest BCUT2D eigenvalue weighted by atomic mass is 10.3. The summed E-state index contributed by atoms with van der Waals surface area (Å²) in [7, 11) is 0. The minimum Gasteiger partial charge on any atom is -0.240 e. The Balaban J connectivity index is 2.44. The zero-order chi connectivity index (χ0) is 10.1. The molecule has 0 saturated carbocycles. The fourth-order valence-electron chi connectivity index (χ4n) is 1.17. The fraction of sp³-hybridized carbons (Fsp3) is 0.100. The van der Waals surface area contributed by atoms with Crippen LogP contribution in [0.25, 0.3) is 5.69 Å². The summed E-state index contributed by atoms with van der Waals surface area (Å²) in [6, 6.07) is 7.56. The van der Waals surface area contributed by atoms with E-state index < -0.39 is 0 Å². The Morgan fingerprint density at radius 3 is 2.43 bits per heavy atom. The molecule has 2 nitrogen and oxygen atoms in total. The zero-order valence-electron chi connectivity index (χ0n) is 7.54. The van der Waals surface area contributed by atoms with Gasteiger partial charge in [-0.3, -0.25) is 0 Å². The Labute approximate surface area is 95.6 Å². The van der Waals surface area contributed by atoms with Crippen molar-refractivity contribution in [3.8, 4) is 5.69 Å². The van der Waals surface area contributed by atoms with Gasteiger partial charge in [-0.1, -0.05) is 11.6 Å². The number of rotatable bonds is 1. The summed E-state index contributed by atoms with van der Waals surface area (Å²) in [4.78, 5) is 0. The molecule has 1 heterocycles. The number of benzene rings is 1. The van der Waals surface area contributed by atoms with Crippen molar-refractivity contribution < 1.29 is 0 Å². The van der Waals surface area contributed by atoms with E-state index >= 15 is 0 Å². The van der Waals surface area contributed by atoms with E-state index in [0.717, 1.165) is 20.9 Å². The summed E-state index contributed by atoms with van der Waals surface area (Å²) < 4.78 is 2.82. The highest BCUT2D eigenvalue weighted by Crippen LogP contribution is 2.18. The second-order valence-corrected chi connectivity index (χ2v) is 4.27. The standard InChI is InChI=1S/C10H8BrClN2/c1-7-10(11)6-14(13-7)9-4-2-8(12)3-5-9/h2-6H,1H3. The van der Waals surface area contributed by atoms with E-state index in [1.807, 2.05) is 42.1 Å². The van der Waals surface area contributed by atoms with Crippen LogP contribution in [-0.2, 0) is 0 Å². The molecule has 0 atom stereocenters. The van der Waals surface area contributed by atoms with Crippen LogP contribution >= 0.6 is 27.5 Å². The molecule has 4 heteroatoms. The van der Waals surface area contributed by atoms with E-state index in [1.165, 1.54) is 0 Å². The normalized spacial score (nSPS) is 10.5. The average molecular weight is 272 g/mol. The lowest BCUT2D eigenvalue weighted by Crippen LogP contribution is -1.93. The largest absolute Gasteiger partial charge is 0.240 e. The lowest BCUT2D eigenvalue weighted by Gasteiger charge is -1.99. The maximum Gasteiger partial charge on any atom is 0.0740 e. The van der Waals surface area contributed by atoms with Gasteiger partial charge in [0, 0.05) is 11.2 Å². The van der Waals surface area contributed by atoms with E-state index in [0.29, 0.717) is 0 Å². The molecule has 0 spiro atoms. The van der Waals surface area contributed by atoms with Gasteiger partial charge in [-0.2, -0.15) is 5.10 Å². The van der Waals surface area contributed by atoms with Crippen LogP contribution in [0, 0.1) is 6.92 Å². The third kappa shape index (κ3) is 1.83. The van der Waals surface area contributed by atoms with Gasteiger partial charge in [0.25, 0.3) is 0 Å². The van der Waals surface area contributed by atoms with E-state index in [1.54, 1.807) is 0 Å². The highest BCUT2D eigenvalue weighted by atomic mass is 79.9.